The molecule has 4 aromatic carbocycles. The van der Waals surface area contributed by atoms with Crippen molar-refractivity contribution in [1.82, 2.24) is 0 Å². The molecule has 0 aliphatic rings. The highest BCUT2D eigenvalue weighted by molar-refractivity contribution is 9.10. The van der Waals surface area contributed by atoms with E-state index in [2.05, 4.69) is 139 Å². The second-order valence-electron chi connectivity index (χ2n) is 9.61. The molecule has 6 aromatic rings. The van der Waals surface area contributed by atoms with Crippen LogP contribution in [0.1, 0.15) is 22.9 Å². The van der Waals surface area contributed by atoms with E-state index in [-0.39, 0.29) is 0 Å². The van der Waals surface area contributed by atoms with Gasteiger partial charge in [-0.2, -0.15) is 0 Å². The van der Waals surface area contributed by atoms with Gasteiger partial charge in [0.2, 0.25) is 0 Å². The van der Waals surface area contributed by atoms with Gasteiger partial charge in [-0.25, -0.2) is 0 Å². The smallest absolute Gasteiger partial charge is 0.0499 e. The molecule has 0 aliphatic heterocycles. The quantitative estimate of drug-likeness (QED) is 0.151. The Hall–Kier alpha value is -3.96. The van der Waals surface area contributed by atoms with E-state index in [1.807, 2.05) is 29.6 Å². The van der Waals surface area contributed by atoms with Gasteiger partial charge in [-0.05, 0) is 82.5 Å². The lowest BCUT2D eigenvalue weighted by atomic mass is 10.0. The number of thiophene rings is 2. The highest BCUT2D eigenvalue weighted by atomic mass is 79.9. The molecule has 1 nitrogen and oxygen atoms in total. The molecule has 2 aromatic heterocycles. The molecule has 4 heteroatoms. The van der Waals surface area contributed by atoms with Crippen molar-refractivity contribution in [2.75, 3.05) is 4.90 Å². The summed E-state index contributed by atoms with van der Waals surface area (Å²) in [7, 11) is 0. The fraction of sp³-hybridized carbons (Fsp3) is 0.0270. The van der Waals surface area contributed by atoms with Gasteiger partial charge < -0.3 is 4.90 Å². The Labute approximate surface area is 257 Å². The number of anilines is 3. The lowest BCUT2D eigenvalue weighted by Gasteiger charge is -2.26. The van der Waals surface area contributed by atoms with Crippen LogP contribution in [-0.4, -0.2) is 0 Å². The van der Waals surface area contributed by atoms with Crippen LogP contribution in [0.5, 0.6) is 0 Å². The van der Waals surface area contributed by atoms with E-state index >= 15 is 0 Å². The van der Waals surface area contributed by atoms with Crippen LogP contribution in [0.4, 0.5) is 17.1 Å². The molecule has 0 spiro atoms. The summed E-state index contributed by atoms with van der Waals surface area (Å²) in [6, 6.07) is 28.6. The Morgan fingerprint density at radius 2 is 1.51 bits per heavy atom. The first-order chi connectivity index (χ1) is 20.1. The van der Waals surface area contributed by atoms with Crippen molar-refractivity contribution in [1.29, 1.82) is 0 Å². The van der Waals surface area contributed by atoms with Crippen LogP contribution >= 0.6 is 38.6 Å². The molecule has 0 fully saturated rings. The molecular weight excluding hydrogens is 602 g/mol. The maximum atomic E-state index is 4.08. The molecule has 41 heavy (non-hydrogen) atoms. The van der Waals surface area contributed by atoms with E-state index in [0.29, 0.717) is 0 Å². The molecule has 200 valence electrons. The third-order valence-electron chi connectivity index (χ3n) is 7.17. The Balaban J connectivity index is 1.60. The van der Waals surface area contributed by atoms with Gasteiger partial charge in [-0.15, -0.1) is 22.7 Å². The largest absolute Gasteiger partial charge is 0.310 e. The number of fused-ring (bicyclic) bond motifs is 4. The zero-order chi connectivity index (χ0) is 28.5. The fourth-order valence-corrected chi connectivity index (χ4v) is 8.12. The summed E-state index contributed by atoms with van der Waals surface area (Å²) in [5.74, 6) is 0. The van der Waals surface area contributed by atoms with Gasteiger partial charge in [0.15, 0.2) is 0 Å². The molecule has 0 bridgehead atoms. The maximum absolute atomic E-state index is 4.08. The minimum Gasteiger partial charge on any atom is -0.310 e. The topological polar surface area (TPSA) is 3.24 Å². The minimum atomic E-state index is 1.04. The second kappa shape index (κ2) is 11.5. The first kappa shape index (κ1) is 27.2. The van der Waals surface area contributed by atoms with Crippen LogP contribution in [0.3, 0.4) is 0 Å². The first-order valence-corrected chi connectivity index (χ1v) is 15.8. The van der Waals surface area contributed by atoms with E-state index in [1.54, 1.807) is 17.4 Å². The third kappa shape index (κ3) is 4.93. The number of allylic oxidation sites excluding steroid dienone is 5. The van der Waals surface area contributed by atoms with Crippen molar-refractivity contribution in [3.8, 4) is 0 Å². The van der Waals surface area contributed by atoms with Gasteiger partial charge in [0.05, 0.1) is 0 Å². The van der Waals surface area contributed by atoms with Crippen molar-refractivity contribution in [2.24, 2.45) is 0 Å². The minimum absolute atomic E-state index is 1.04. The molecule has 6 rings (SSSR count). The summed E-state index contributed by atoms with van der Waals surface area (Å²) in [4.78, 5) is 3.51. The molecule has 0 amide bonds. The van der Waals surface area contributed by atoms with Gasteiger partial charge in [-0.3, -0.25) is 0 Å². The zero-order valence-corrected chi connectivity index (χ0v) is 26.0. The molecular formula is C37H28BrNS2. The SMILES string of the molecule is C=C/C=C(\C=C)c1ccc(N(c2cc(Br)c3sc(C=C)c(/C=C\C)c3c2)c2ccc3sc4ccccc4c3c2)cc1. The van der Waals surface area contributed by atoms with E-state index in [0.717, 1.165) is 32.7 Å². The van der Waals surface area contributed by atoms with Crippen molar-refractivity contribution in [3.63, 3.8) is 0 Å². The first-order valence-electron chi connectivity index (χ1n) is 13.3. The van der Waals surface area contributed by atoms with Gasteiger partial charge in [0, 0.05) is 62.2 Å². The van der Waals surface area contributed by atoms with Gasteiger partial charge in [0.1, 0.15) is 0 Å². The molecule has 0 unspecified atom stereocenters. The van der Waals surface area contributed by atoms with E-state index in [4.69, 9.17) is 0 Å². The van der Waals surface area contributed by atoms with Crippen molar-refractivity contribution >= 4 is 104 Å². The molecule has 0 aliphatic carbocycles. The standard InChI is InChI=1S/C37H28BrNS2/c1-5-11-24(7-3)25-15-17-26(18-16-25)39(27-19-20-36-31(21-27)30-13-9-10-14-35(30)40-36)28-22-32-29(12-6-2)34(8-4)41-37(32)33(38)23-28/h5-23H,1,3-4H2,2H3/b12-6-,24-11+. The Kier molecular flexibility index (Phi) is 7.63. The van der Waals surface area contributed by atoms with Crippen LogP contribution in [0.25, 0.3) is 48.0 Å². The van der Waals surface area contributed by atoms with Gasteiger partial charge in [-0.1, -0.05) is 86.5 Å². The van der Waals surface area contributed by atoms with E-state index < -0.39 is 0 Å². The van der Waals surface area contributed by atoms with Crippen LogP contribution in [0, 0.1) is 0 Å². The third-order valence-corrected chi connectivity index (χ3v) is 10.5. The Morgan fingerprint density at radius 3 is 2.24 bits per heavy atom. The highest BCUT2D eigenvalue weighted by Gasteiger charge is 2.19. The summed E-state index contributed by atoms with van der Waals surface area (Å²) in [6.45, 7) is 14.0. The molecule has 2 heterocycles. The van der Waals surface area contributed by atoms with Crippen molar-refractivity contribution in [2.45, 2.75) is 6.92 Å². The van der Waals surface area contributed by atoms with E-state index in [1.165, 1.54) is 40.7 Å². The molecule has 0 atom stereocenters. The predicted molar refractivity (Wildman–Crippen MR) is 190 cm³/mol. The van der Waals surface area contributed by atoms with Crippen LogP contribution in [0.15, 0.2) is 127 Å². The summed E-state index contributed by atoms with van der Waals surface area (Å²) in [5.41, 5.74) is 6.61. The number of benzene rings is 4. The molecule has 0 radical (unpaired) electrons. The molecule has 0 saturated heterocycles. The fourth-order valence-electron chi connectivity index (χ4n) is 5.31. The molecule has 0 saturated carbocycles. The summed E-state index contributed by atoms with van der Waals surface area (Å²) in [5, 5.41) is 3.76. The van der Waals surface area contributed by atoms with Crippen LogP contribution in [-0.2, 0) is 0 Å². The summed E-state index contributed by atoms with van der Waals surface area (Å²) >= 11 is 7.51. The van der Waals surface area contributed by atoms with Crippen molar-refractivity contribution < 1.29 is 0 Å². The predicted octanol–water partition coefficient (Wildman–Crippen LogP) is 12.9. The van der Waals surface area contributed by atoms with Crippen LogP contribution in [0.2, 0.25) is 0 Å². The second-order valence-corrected chi connectivity index (χ2v) is 12.6. The Bertz CT molecular complexity index is 2020. The number of rotatable bonds is 8. The summed E-state index contributed by atoms with van der Waals surface area (Å²) in [6.07, 6.45) is 11.9. The average Bonchev–Trinajstić information content (AvgIpc) is 3.55. The summed E-state index contributed by atoms with van der Waals surface area (Å²) < 4.78 is 4.88. The number of nitrogens with zero attached hydrogens (tertiary/aromatic N) is 1. The Morgan fingerprint density at radius 1 is 0.780 bits per heavy atom. The number of hydrogen-bond donors (Lipinski definition) is 0. The zero-order valence-electron chi connectivity index (χ0n) is 22.7. The van der Waals surface area contributed by atoms with Crippen molar-refractivity contribution in [3.05, 3.63) is 143 Å². The number of halogens is 1. The average molecular weight is 631 g/mol. The van der Waals surface area contributed by atoms with Gasteiger partial charge >= 0.3 is 0 Å². The molecule has 0 N–H and O–H groups in total. The van der Waals surface area contributed by atoms with Crippen LogP contribution < -0.4 is 4.90 Å². The normalized spacial score (nSPS) is 12.0. The maximum Gasteiger partial charge on any atom is 0.0499 e. The lowest BCUT2D eigenvalue weighted by molar-refractivity contribution is 1.29. The number of hydrogen-bond acceptors (Lipinski definition) is 3. The van der Waals surface area contributed by atoms with E-state index in [9.17, 15) is 0 Å². The highest BCUT2D eigenvalue weighted by Crippen LogP contribution is 2.45. The monoisotopic (exact) mass is 629 g/mol. The lowest BCUT2D eigenvalue weighted by Crippen LogP contribution is -2.10. The van der Waals surface area contributed by atoms with Gasteiger partial charge in [0.25, 0.3) is 0 Å².